The van der Waals surface area contributed by atoms with Crippen LogP contribution in [0.4, 0.5) is 5.82 Å². The number of pyridine rings is 1. The number of hydrogen-bond acceptors (Lipinski definition) is 6. The van der Waals surface area contributed by atoms with Gasteiger partial charge in [-0.05, 0) is 43.4 Å². The van der Waals surface area contributed by atoms with Gasteiger partial charge in [-0.1, -0.05) is 13.0 Å². The largest absolute Gasteiger partial charge is 0.366 e. The van der Waals surface area contributed by atoms with E-state index >= 15 is 0 Å². The van der Waals surface area contributed by atoms with E-state index in [2.05, 4.69) is 25.7 Å². The molecular weight excluding hydrogens is 368 g/mol. The van der Waals surface area contributed by atoms with E-state index in [-0.39, 0.29) is 17.4 Å². The predicted molar refractivity (Wildman–Crippen MR) is 108 cm³/mol. The number of carbonyl (C=O) groups excluding carboxylic acids is 2. The molecule has 3 aromatic rings. The summed E-state index contributed by atoms with van der Waals surface area (Å²) in [5.74, 6) is 0.479. The Morgan fingerprint density at radius 3 is 2.86 bits per heavy atom. The van der Waals surface area contributed by atoms with Gasteiger partial charge in [-0.2, -0.15) is 5.10 Å². The number of nitrogens with zero attached hydrogens (tertiary/aromatic N) is 4. The summed E-state index contributed by atoms with van der Waals surface area (Å²) in [6.07, 6.45) is 11.1. The number of rotatable bonds is 6. The molecule has 0 aliphatic heterocycles. The zero-order valence-corrected chi connectivity index (χ0v) is 16.3. The van der Waals surface area contributed by atoms with Crippen molar-refractivity contribution >= 4 is 23.7 Å². The van der Waals surface area contributed by atoms with Crippen LogP contribution < -0.4 is 10.6 Å². The van der Waals surface area contributed by atoms with Crippen molar-refractivity contribution in [1.29, 1.82) is 0 Å². The van der Waals surface area contributed by atoms with Gasteiger partial charge in [0, 0.05) is 36.6 Å². The van der Waals surface area contributed by atoms with Crippen molar-refractivity contribution in [3.8, 4) is 0 Å². The molecule has 8 nitrogen and oxygen atoms in total. The highest BCUT2D eigenvalue weighted by atomic mass is 16.1. The van der Waals surface area contributed by atoms with E-state index in [1.165, 1.54) is 0 Å². The van der Waals surface area contributed by atoms with E-state index in [1.54, 1.807) is 29.3 Å². The van der Waals surface area contributed by atoms with Gasteiger partial charge in [0.15, 0.2) is 5.65 Å². The highest BCUT2D eigenvalue weighted by Gasteiger charge is 2.31. The number of hydrogen-bond donors (Lipinski definition) is 2. The highest BCUT2D eigenvalue weighted by molar-refractivity contribution is 5.99. The molecule has 0 bridgehead atoms. The summed E-state index contributed by atoms with van der Waals surface area (Å²) in [5, 5.41) is 10.6. The van der Waals surface area contributed by atoms with Crippen molar-refractivity contribution in [2.24, 2.45) is 5.41 Å². The van der Waals surface area contributed by atoms with Crippen molar-refractivity contribution < 1.29 is 9.59 Å². The molecule has 0 spiro atoms. The average Bonchev–Trinajstić information content (AvgIpc) is 3.18. The second-order valence-corrected chi connectivity index (χ2v) is 7.87. The Kier molecular flexibility index (Phi) is 5.24. The van der Waals surface area contributed by atoms with Crippen LogP contribution in [-0.4, -0.2) is 37.8 Å². The maximum atomic E-state index is 12.8. The van der Waals surface area contributed by atoms with Crippen molar-refractivity contribution in [3.63, 3.8) is 0 Å². The standard InChI is InChI=1S/C21H24N6O2/c1-21(14-28)7-4-16(5-8-21)25-20(29)17-13-24-27-10-6-18(26-19(17)27)23-12-15-3-2-9-22-11-15/h2-3,6,9-11,13-14,16H,4-5,7-8,12H2,1H3,(H,23,26)(H,25,29). The lowest BCUT2D eigenvalue weighted by molar-refractivity contribution is -0.117. The summed E-state index contributed by atoms with van der Waals surface area (Å²) in [7, 11) is 0. The molecule has 150 valence electrons. The number of fused-ring (bicyclic) bond motifs is 1. The molecule has 1 aliphatic rings. The zero-order valence-electron chi connectivity index (χ0n) is 16.3. The van der Waals surface area contributed by atoms with Crippen molar-refractivity contribution in [2.75, 3.05) is 5.32 Å². The van der Waals surface area contributed by atoms with Gasteiger partial charge in [-0.3, -0.25) is 9.78 Å². The van der Waals surface area contributed by atoms with Crippen LogP contribution in [0.15, 0.2) is 43.0 Å². The molecule has 2 N–H and O–H groups in total. The fourth-order valence-corrected chi connectivity index (χ4v) is 3.63. The van der Waals surface area contributed by atoms with Crippen LogP contribution in [0.2, 0.25) is 0 Å². The molecule has 4 rings (SSSR count). The van der Waals surface area contributed by atoms with Crippen LogP contribution in [0, 0.1) is 5.41 Å². The summed E-state index contributed by atoms with van der Waals surface area (Å²) in [6.45, 7) is 2.57. The molecule has 29 heavy (non-hydrogen) atoms. The maximum absolute atomic E-state index is 12.8. The smallest absolute Gasteiger partial charge is 0.256 e. The summed E-state index contributed by atoms with van der Waals surface area (Å²) < 4.78 is 1.59. The SMILES string of the molecule is CC1(C=O)CCC(NC(=O)c2cnn3ccc(NCc4cccnc4)nc23)CC1. The monoisotopic (exact) mass is 392 g/mol. The van der Waals surface area contributed by atoms with Crippen LogP contribution in [-0.2, 0) is 11.3 Å². The van der Waals surface area contributed by atoms with Crippen LogP contribution in [0.3, 0.4) is 0 Å². The lowest BCUT2D eigenvalue weighted by Crippen LogP contribution is -2.40. The van der Waals surface area contributed by atoms with E-state index in [1.807, 2.05) is 25.1 Å². The molecule has 1 aliphatic carbocycles. The normalized spacial score (nSPS) is 21.6. The molecule has 3 aromatic heterocycles. The third-order valence-electron chi connectivity index (χ3n) is 5.56. The summed E-state index contributed by atoms with van der Waals surface area (Å²) in [4.78, 5) is 32.7. The van der Waals surface area contributed by atoms with E-state index < -0.39 is 0 Å². The summed E-state index contributed by atoms with van der Waals surface area (Å²) in [6, 6.07) is 5.75. The molecule has 3 heterocycles. The van der Waals surface area contributed by atoms with Gasteiger partial charge in [-0.25, -0.2) is 9.50 Å². The second-order valence-electron chi connectivity index (χ2n) is 7.87. The number of aldehydes is 1. The highest BCUT2D eigenvalue weighted by Crippen LogP contribution is 2.33. The van der Waals surface area contributed by atoms with Crippen molar-refractivity contribution in [2.45, 2.75) is 45.2 Å². The van der Waals surface area contributed by atoms with Gasteiger partial charge in [0.05, 0.1) is 6.20 Å². The first-order valence-corrected chi connectivity index (χ1v) is 9.81. The third kappa shape index (κ3) is 4.26. The fraction of sp³-hybridized carbons (Fsp3) is 0.381. The molecule has 0 atom stereocenters. The van der Waals surface area contributed by atoms with Crippen LogP contribution in [0.25, 0.3) is 5.65 Å². The first-order valence-electron chi connectivity index (χ1n) is 9.81. The number of nitrogens with one attached hydrogen (secondary N) is 2. The molecule has 1 amide bonds. The topological polar surface area (TPSA) is 101 Å². The molecule has 0 saturated heterocycles. The molecule has 1 saturated carbocycles. The molecule has 8 heteroatoms. The summed E-state index contributed by atoms with van der Waals surface area (Å²) >= 11 is 0. The van der Waals surface area contributed by atoms with Gasteiger partial charge in [0.1, 0.15) is 17.7 Å². The Hall–Kier alpha value is -3.29. The fourth-order valence-electron chi connectivity index (χ4n) is 3.63. The first kappa shape index (κ1) is 19.0. The van der Waals surface area contributed by atoms with Gasteiger partial charge in [-0.15, -0.1) is 0 Å². The molecule has 1 fully saturated rings. The second kappa shape index (κ2) is 7.98. The molecule has 0 aromatic carbocycles. The van der Waals surface area contributed by atoms with Crippen LogP contribution >= 0.6 is 0 Å². The Labute approximate surface area is 168 Å². The lowest BCUT2D eigenvalue weighted by atomic mass is 9.75. The zero-order chi connectivity index (χ0) is 20.3. The first-order chi connectivity index (χ1) is 14.1. The maximum Gasteiger partial charge on any atom is 0.256 e. The summed E-state index contributed by atoms with van der Waals surface area (Å²) in [5.41, 5.74) is 1.73. The molecule has 0 unspecified atom stereocenters. The predicted octanol–water partition coefficient (Wildman–Crippen LogP) is 2.61. The minimum absolute atomic E-state index is 0.0670. The molecular formula is C21H24N6O2. The van der Waals surface area contributed by atoms with E-state index in [4.69, 9.17) is 0 Å². The Balaban J connectivity index is 1.44. The minimum Gasteiger partial charge on any atom is -0.366 e. The van der Waals surface area contributed by atoms with E-state index in [0.29, 0.717) is 23.6 Å². The van der Waals surface area contributed by atoms with E-state index in [9.17, 15) is 9.59 Å². The van der Waals surface area contributed by atoms with Crippen molar-refractivity contribution in [1.82, 2.24) is 24.9 Å². The number of anilines is 1. The lowest BCUT2D eigenvalue weighted by Gasteiger charge is -2.33. The number of aromatic nitrogens is 4. The number of amides is 1. The van der Waals surface area contributed by atoms with Crippen molar-refractivity contribution in [3.05, 3.63) is 54.1 Å². The van der Waals surface area contributed by atoms with Crippen LogP contribution in [0.5, 0.6) is 0 Å². The molecule has 0 radical (unpaired) electrons. The minimum atomic E-state index is -0.262. The number of carbonyl (C=O) groups is 2. The Bertz CT molecular complexity index is 1010. The van der Waals surface area contributed by atoms with Crippen LogP contribution in [0.1, 0.15) is 48.5 Å². The third-order valence-corrected chi connectivity index (χ3v) is 5.56. The van der Waals surface area contributed by atoms with Gasteiger partial charge >= 0.3 is 0 Å². The van der Waals surface area contributed by atoms with Gasteiger partial charge in [0.2, 0.25) is 0 Å². The Morgan fingerprint density at radius 2 is 2.14 bits per heavy atom. The van der Waals surface area contributed by atoms with Gasteiger partial charge < -0.3 is 15.4 Å². The van der Waals surface area contributed by atoms with E-state index in [0.717, 1.165) is 37.5 Å². The average molecular weight is 392 g/mol. The quantitative estimate of drug-likeness (QED) is 0.626. The Morgan fingerprint density at radius 1 is 1.31 bits per heavy atom. The van der Waals surface area contributed by atoms with Gasteiger partial charge in [0.25, 0.3) is 5.91 Å².